The molecule has 2 heterocycles. The van der Waals surface area contributed by atoms with Gasteiger partial charge in [0.1, 0.15) is 0 Å². The Labute approximate surface area is 152 Å². The van der Waals surface area contributed by atoms with Crippen molar-refractivity contribution in [3.8, 4) is 11.6 Å². The second-order valence-corrected chi connectivity index (χ2v) is 5.60. The Hall–Kier alpha value is -3.33. The van der Waals surface area contributed by atoms with Gasteiger partial charge in [0, 0.05) is 50.0 Å². The van der Waals surface area contributed by atoms with E-state index in [1.54, 1.807) is 35.4 Å². The molecule has 2 aromatic heterocycles. The molecule has 3 aromatic rings. The van der Waals surface area contributed by atoms with Crippen LogP contribution in [-0.2, 0) is 6.54 Å². The van der Waals surface area contributed by atoms with Crippen LogP contribution >= 0.6 is 11.6 Å². The second kappa shape index (κ2) is 7.70. The van der Waals surface area contributed by atoms with Gasteiger partial charge >= 0.3 is 0 Å². The summed E-state index contributed by atoms with van der Waals surface area (Å²) in [7, 11) is 0. The minimum atomic E-state index is -0.579. The molecule has 0 radical (unpaired) electrons. The number of imidazole rings is 1. The van der Waals surface area contributed by atoms with Crippen molar-refractivity contribution in [2.75, 3.05) is 6.54 Å². The molecule has 0 atom stereocenters. The van der Waals surface area contributed by atoms with Crippen LogP contribution in [0.4, 0.5) is 5.69 Å². The van der Waals surface area contributed by atoms with E-state index in [0.29, 0.717) is 18.2 Å². The van der Waals surface area contributed by atoms with Crippen LogP contribution < -0.4 is 5.32 Å². The van der Waals surface area contributed by atoms with Gasteiger partial charge in [-0.15, -0.1) is 0 Å². The summed E-state index contributed by atoms with van der Waals surface area (Å²) in [6.45, 7) is 0.694. The van der Waals surface area contributed by atoms with Gasteiger partial charge in [-0.3, -0.25) is 14.9 Å². The lowest BCUT2D eigenvalue weighted by atomic mass is 10.2. The maximum absolute atomic E-state index is 12.3. The summed E-state index contributed by atoms with van der Waals surface area (Å²) >= 11 is 5.96. The monoisotopic (exact) mass is 372 g/mol. The fourth-order valence-corrected chi connectivity index (χ4v) is 2.50. The zero-order chi connectivity index (χ0) is 18.5. The summed E-state index contributed by atoms with van der Waals surface area (Å²) in [4.78, 5) is 35.0. The van der Waals surface area contributed by atoms with Gasteiger partial charge in [-0.1, -0.05) is 11.6 Å². The minimum Gasteiger partial charge on any atom is -0.350 e. The Morgan fingerprint density at radius 1 is 1.23 bits per heavy atom. The number of nitrogens with one attached hydrogen (secondary N) is 1. The summed E-state index contributed by atoms with van der Waals surface area (Å²) in [6, 6.07) is 5.43. The van der Waals surface area contributed by atoms with Gasteiger partial charge in [0.15, 0.2) is 11.6 Å². The average Bonchev–Trinajstić information content (AvgIpc) is 3.11. The van der Waals surface area contributed by atoms with Crippen LogP contribution in [0.15, 0.2) is 49.1 Å². The lowest BCUT2D eigenvalue weighted by Gasteiger charge is -2.09. The summed E-state index contributed by atoms with van der Waals surface area (Å²) in [5.41, 5.74) is -0.143. The number of hydrogen-bond donors (Lipinski definition) is 1. The van der Waals surface area contributed by atoms with Crippen LogP contribution in [0.5, 0.6) is 0 Å². The SMILES string of the molecule is O=C(NCCn1ccnc1-c1ncccn1)c1cc([N+](=O)[O-])ccc1Cl. The van der Waals surface area contributed by atoms with Crippen molar-refractivity contribution in [3.63, 3.8) is 0 Å². The Bertz CT molecular complexity index is 944. The summed E-state index contributed by atoms with van der Waals surface area (Å²) in [6.07, 6.45) is 6.60. The molecule has 132 valence electrons. The van der Waals surface area contributed by atoms with Crippen molar-refractivity contribution in [1.29, 1.82) is 0 Å². The zero-order valence-corrected chi connectivity index (χ0v) is 14.1. The van der Waals surface area contributed by atoms with E-state index in [1.165, 1.54) is 12.1 Å². The molecule has 0 saturated heterocycles. The molecule has 0 bridgehead atoms. The van der Waals surface area contributed by atoms with Crippen molar-refractivity contribution in [1.82, 2.24) is 24.8 Å². The molecular formula is C16H13ClN6O3. The average molecular weight is 373 g/mol. The quantitative estimate of drug-likeness (QED) is 0.524. The van der Waals surface area contributed by atoms with Crippen molar-refractivity contribution < 1.29 is 9.72 Å². The molecule has 26 heavy (non-hydrogen) atoms. The van der Waals surface area contributed by atoms with E-state index in [4.69, 9.17) is 11.6 Å². The number of aromatic nitrogens is 4. The van der Waals surface area contributed by atoms with E-state index in [2.05, 4.69) is 20.3 Å². The first-order chi connectivity index (χ1) is 12.6. The first kappa shape index (κ1) is 17.5. The highest BCUT2D eigenvalue weighted by Gasteiger charge is 2.16. The number of halogens is 1. The molecule has 10 heteroatoms. The largest absolute Gasteiger partial charge is 0.350 e. The van der Waals surface area contributed by atoms with Crippen molar-refractivity contribution in [2.24, 2.45) is 0 Å². The molecule has 0 aliphatic carbocycles. The predicted molar refractivity (Wildman–Crippen MR) is 93.7 cm³/mol. The van der Waals surface area contributed by atoms with E-state index >= 15 is 0 Å². The van der Waals surface area contributed by atoms with Crippen LogP contribution in [0.2, 0.25) is 5.02 Å². The van der Waals surface area contributed by atoms with Crippen LogP contribution in [0.25, 0.3) is 11.6 Å². The van der Waals surface area contributed by atoms with Gasteiger partial charge in [-0.25, -0.2) is 15.0 Å². The number of amides is 1. The number of nitro benzene ring substituents is 1. The molecule has 0 fully saturated rings. The Kier molecular flexibility index (Phi) is 5.18. The lowest BCUT2D eigenvalue weighted by molar-refractivity contribution is -0.384. The fraction of sp³-hybridized carbons (Fsp3) is 0.125. The Balaban J connectivity index is 1.66. The number of hydrogen-bond acceptors (Lipinski definition) is 6. The smallest absolute Gasteiger partial charge is 0.270 e. The van der Waals surface area contributed by atoms with Gasteiger partial charge < -0.3 is 9.88 Å². The highest BCUT2D eigenvalue weighted by molar-refractivity contribution is 6.33. The van der Waals surface area contributed by atoms with Crippen LogP contribution in [0.3, 0.4) is 0 Å². The predicted octanol–water partition coefficient (Wildman–Crippen LogP) is 2.33. The second-order valence-electron chi connectivity index (χ2n) is 5.19. The van der Waals surface area contributed by atoms with Crippen LogP contribution in [0.1, 0.15) is 10.4 Å². The van der Waals surface area contributed by atoms with E-state index < -0.39 is 10.8 Å². The lowest BCUT2D eigenvalue weighted by Crippen LogP contribution is -2.27. The number of carbonyl (C=O) groups excluding carboxylic acids is 1. The molecule has 0 spiro atoms. The molecule has 1 amide bonds. The molecule has 3 rings (SSSR count). The molecule has 0 saturated carbocycles. The number of nitrogens with zero attached hydrogens (tertiary/aromatic N) is 5. The maximum Gasteiger partial charge on any atom is 0.270 e. The fourth-order valence-electron chi connectivity index (χ4n) is 2.30. The number of nitro groups is 1. The summed E-state index contributed by atoms with van der Waals surface area (Å²) in [5.74, 6) is 0.565. The highest BCUT2D eigenvalue weighted by Crippen LogP contribution is 2.21. The Morgan fingerprint density at radius 2 is 2.00 bits per heavy atom. The molecule has 0 aliphatic rings. The van der Waals surface area contributed by atoms with Crippen molar-refractivity contribution in [2.45, 2.75) is 6.54 Å². The van der Waals surface area contributed by atoms with Crippen LogP contribution in [-0.4, -0.2) is 36.9 Å². The molecule has 1 N–H and O–H groups in total. The number of non-ortho nitro benzene ring substituents is 1. The van der Waals surface area contributed by atoms with E-state index in [0.717, 1.165) is 6.07 Å². The van der Waals surface area contributed by atoms with Gasteiger partial charge in [-0.05, 0) is 12.1 Å². The topological polar surface area (TPSA) is 116 Å². The standard InChI is InChI=1S/C16H13ClN6O3/c17-13-3-2-11(23(25)26)10-12(13)16(24)21-7-9-22-8-6-20-15(22)14-18-4-1-5-19-14/h1-6,8,10H,7,9H2,(H,21,24). The summed E-state index contributed by atoms with van der Waals surface area (Å²) < 4.78 is 1.80. The first-order valence-electron chi connectivity index (χ1n) is 7.57. The molecular weight excluding hydrogens is 360 g/mol. The van der Waals surface area contributed by atoms with Gasteiger partial charge in [0.25, 0.3) is 11.6 Å². The molecule has 0 aliphatic heterocycles. The van der Waals surface area contributed by atoms with Gasteiger partial charge in [0.05, 0.1) is 15.5 Å². The third kappa shape index (κ3) is 3.83. The number of benzene rings is 1. The maximum atomic E-state index is 12.3. The zero-order valence-electron chi connectivity index (χ0n) is 13.4. The minimum absolute atomic E-state index is 0.0538. The van der Waals surface area contributed by atoms with Gasteiger partial charge in [-0.2, -0.15) is 0 Å². The van der Waals surface area contributed by atoms with Crippen LogP contribution in [0, 0.1) is 10.1 Å². The first-order valence-corrected chi connectivity index (χ1v) is 7.94. The normalized spacial score (nSPS) is 10.5. The number of rotatable bonds is 6. The third-order valence-corrected chi connectivity index (χ3v) is 3.85. The van der Waals surface area contributed by atoms with E-state index in [9.17, 15) is 14.9 Å². The Morgan fingerprint density at radius 3 is 2.73 bits per heavy atom. The number of carbonyl (C=O) groups is 1. The van der Waals surface area contributed by atoms with Crippen molar-refractivity contribution in [3.05, 3.63) is 69.8 Å². The molecule has 0 unspecified atom stereocenters. The van der Waals surface area contributed by atoms with E-state index in [1.807, 2.05) is 0 Å². The highest BCUT2D eigenvalue weighted by atomic mass is 35.5. The molecule has 1 aromatic carbocycles. The van der Waals surface area contributed by atoms with Crippen molar-refractivity contribution >= 4 is 23.2 Å². The van der Waals surface area contributed by atoms with Gasteiger partial charge in [0.2, 0.25) is 0 Å². The summed E-state index contributed by atoms with van der Waals surface area (Å²) in [5, 5.41) is 13.7. The third-order valence-electron chi connectivity index (χ3n) is 3.52. The van der Waals surface area contributed by atoms with E-state index in [-0.39, 0.29) is 22.8 Å². The molecule has 9 nitrogen and oxygen atoms in total.